The number of halogens is 1. The highest BCUT2D eigenvalue weighted by atomic mass is 35.5. The van der Waals surface area contributed by atoms with Gasteiger partial charge in [0.25, 0.3) is 5.91 Å². The van der Waals surface area contributed by atoms with E-state index in [0.717, 1.165) is 5.76 Å². The van der Waals surface area contributed by atoms with E-state index in [1.54, 1.807) is 37.3 Å². The number of anilines is 1. The van der Waals surface area contributed by atoms with Crippen molar-refractivity contribution in [2.45, 2.75) is 6.92 Å². The van der Waals surface area contributed by atoms with Crippen LogP contribution in [0.5, 0.6) is 5.75 Å². The molecule has 1 amide bonds. The molecule has 0 aliphatic carbocycles. The Bertz CT molecular complexity index is 766. The molecule has 0 radical (unpaired) electrons. The highest BCUT2D eigenvalue weighted by Gasteiger charge is 2.10. The minimum Gasteiger partial charge on any atom is -0.495 e. The lowest BCUT2D eigenvalue weighted by Gasteiger charge is -2.10. The van der Waals surface area contributed by atoms with Gasteiger partial charge in [-0.25, -0.2) is 4.79 Å². The lowest BCUT2D eigenvalue weighted by atomic mass is 10.3. The van der Waals surface area contributed by atoms with E-state index in [-0.39, 0.29) is 0 Å². The molecule has 0 saturated carbocycles. The maximum absolute atomic E-state index is 11.8. The number of rotatable bonds is 6. The Hall–Kier alpha value is -2.73. The summed E-state index contributed by atoms with van der Waals surface area (Å²) in [6, 6.07) is 8.29. The molecule has 2 rings (SSSR count). The Morgan fingerprint density at radius 1 is 1.29 bits per heavy atom. The minimum atomic E-state index is -0.655. The van der Waals surface area contributed by atoms with E-state index in [1.807, 2.05) is 0 Å². The first-order valence-corrected chi connectivity index (χ1v) is 7.40. The van der Waals surface area contributed by atoms with Gasteiger partial charge >= 0.3 is 5.97 Å². The summed E-state index contributed by atoms with van der Waals surface area (Å²) in [5.41, 5.74) is 0.396. The molecule has 0 aliphatic rings. The molecule has 1 N–H and O–H groups in total. The number of furan rings is 1. The Labute approximate surface area is 144 Å². The van der Waals surface area contributed by atoms with Crippen molar-refractivity contribution in [1.29, 1.82) is 0 Å². The molecule has 7 heteroatoms. The highest BCUT2D eigenvalue weighted by molar-refractivity contribution is 6.31. The van der Waals surface area contributed by atoms with Crippen molar-refractivity contribution in [3.8, 4) is 5.75 Å². The van der Waals surface area contributed by atoms with Crippen LogP contribution in [-0.4, -0.2) is 25.6 Å². The molecule has 1 aromatic carbocycles. The van der Waals surface area contributed by atoms with Gasteiger partial charge in [0.05, 0.1) is 12.8 Å². The Balaban J connectivity index is 1.85. The molecule has 0 fully saturated rings. The Morgan fingerprint density at radius 3 is 2.75 bits per heavy atom. The molecule has 0 saturated heterocycles. The lowest BCUT2D eigenvalue weighted by Crippen LogP contribution is -2.20. The van der Waals surface area contributed by atoms with Gasteiger partial charge in [0.2, 0.25) is 0 Å². The summed E-state index contributed by atoms with van der Waals surface area (Å²) in [6.45, 7) is 1.36. The molecule has 1 aromatic heterocycles. The van der Waals surface area contributed by atoms with Gasteiger partial charge in [0.15, 0.2) is 6.61 Å². The third-order valence-electron chi connectivity index (χ3n) is 2.93. The van der Waals surface area contributed by atoms with Gasteiger partial charge in [-0.3, -0.25) is 4.79 Å². The van der Waals surface area contributed by atoms with Crippen LogP contribution in [0.4, 0.5) is 5.69 Å². The van der Waals surface area contributed by atoms with Crippen LogP contribution in [0.2, 0.25) is 5.02 Å². The number of benzene rings is 1. The van der Waals surface area contributed by atoms with Crippen molar-refractivity contribution in [3.05, 3.63) is 53.0 Å². The van der Waals surface area contributed by atoms with Gasteiger partial charge in [0, 0.05) is 11.1 Å². The van der Waals surface area contributed by atoms with Crippen molar-refractivity contribution in [1.82, 2.24) is 0 Å². The molecular weight excluding hydrogens is 334 g/mol. The average Bonchev–Trinajstić information content (AvgIpc) is 2.97. The third kappa shape index (κ3) is 5.17. The molecule has 0 spiro atoms. The second-order valence-corrected chi connectivity index (χ2v) is 5.22. The lowest BCUT2D eigenvalue weighted by molar-refractivity contribution is -0.142. The molecule has 1 heterocycles. The van der Waals surface area contributed by atoms with E-state index in [9.17, 15) is 9.59 Å². The van der Waals surface area contributed by atoms with Gasteiger partial charge in [-0.1, -0.05) is 11.6 Å². The number of ether oxygens (including phenoxy) is 2. The number of hydrogen-bond acceptors (Lipinski definition) is 5. The summed E-state index contributed by atoms with van der Waals surface area (Å²) in [5.74, 6) is 0.547. The van der Waals surface area contributed by atoms with E-state index in [0.29, 0.717) is 22.2 Å². The normalized spacial score (nSPS) is 10.6. The van der Waals surface area contributed by atoms with Crippen LogP contribution in [0.3, 0.4) is 0 Å². The summed E-state index contributed by atoms with van der Waals surface area (Å²) in [5, 5.41) is 3.01. The monoisotopic (exact) mass is 349 g/mol. The van der Waals surface area contributed by atoms with Crippen LogP contribution in [-0.2, 0) is 14.3 Å². The van der Waals surface area contributed by atoms with Crippen molar-refractivity contribution < 1.29 is 23.5 Å². The van der Waals surface area contributed by atoms with E-state index in [1.165, 1.54) is 19.3 Å². The van der Waals surface area contributed by atoms with Crippen LogP contribution < -0.4 is 10.1 Å². The fourth-order valence-electron chi connectivity index (χ4n) is 1.84. The van der Waals surface area contributed by atoms with Gasteiger partial charge in [-0.15, -0.1) is 0 Å². The van der Waals surface area contributed by atoms with Gasteiger partial charge in [0.1, 0.15) is 17.3 Å². The fourth-order valence-corrected chi connectivity index (χ4v) is 2.01. The second-order valence-electron chi connectivity index (χ2n) is 4.78. The van der Waals surface area contributed by atoms with Gasteiger partial charge < -0.3 is 19.2 Å². The average molecular weight is 350 g/mol. The number of aryl methyl sites for hydroxylation is 1. The fraction of sp³-hybridized carbons (Fsp3) is 0.176. The summed E-state index contributed by atoms with van der Waals surface area (Å²) < 4.78 is 15.2. The zero-order chi connectivity index (χ0) is 17.5. The summed E-state index contributed by atoms with van der Waals surface area (Å²) in [4.78, 5) is 23.4. The molecule has 0 atom stereocenters. The molecule has 2 aromatic rings. The largest absolute Gasteiger partial charge is 0.495 e. The standard InChI is InChI=1S/C17H16ClNO5/c1-11-3-5-13(24-11)6-8-17(21)23-10-16(20)19-14-9-12(18)4-7-15(14)22-2/h3-9H,10H2,1-2H3,(H,19,20)/b8-6+. The van der Waals surface area contributed by atoms with Gasteiger partial charge in [-0.2, -0.15) is 0 Å². The summed E-state index contributed by atoms with van der Waals surface area (Å²) >= 11 is 5.88. The van der Waals surface area contributed by atoms with Crippen LogP contribution in [0, 0.1) is 6.92 Å². The maximum atomic E-state index is 11.8. The number of hydrogen-bond donors (Lipinski definition) is 1. The van der Waals surface area contributed by atoms with Crippen LogP contribution in [0.1, 0.15) is 11.5 Å². The van der Waals surface area contributed by atoms with Crippen LogP contribution >= 0.6 is 11.6 Å². The maximum Gasteiger partial charge on any atom is 0.331 e. The van der Waals surface area contributed by atoms with Crippen molar-refractivity contribution in [2.75, 3.05) is 19.0 Å². The third-order valence-corrected chi connectivity index (χ3v) is 3.16. The first kappa shape index (κ1) is 17.6. The predicted octanol–water partition coefficient (Wildman–Crippen LogP) is 3.45. The predicted molar refractivity (Wildman–Crippen MR) is 90.1 cm³/mol. The quantitative estimate of drug-likeness (QED) is 0.638. The van der Waals surface area contributed by atoms with Gasteiger partial charge in [-0.05, 0) is 43.3 Å². The number of methoxy groups -OCH3 is 1. The zero-order valence-corrected chi connectivity index (χ0v) is 13.9. The van der Waals surface area contributed by atoms with Crippen LogP contribution in [0.15, 0.2) is 40.8 Å². The summed E-state index contributed by atoms with van der Waals surface area (Å²) in [7, 11) is 1.47. The van der Waals surface area contributed by atoms with Crippen molar-refractivity contribution in [2.24, 2.45) is 0 Å². The van der Waals surface area contributed by atoms with E-state index < -0.39 is 18.5 Å². The second kappa shape index (κ2) is 8.21. The molecule has 0 aliphatic heterocycles. The first-order valence-electron chi connectivity index (χ1n) is 7.02. The van der Waals surface area contributed by atoms with E-state index >= 15 is 0 Å². The summed E-state index contributed by atoms with van der Waals surface area (Å²) in [6.07, 6.45) is 2.65. The Morgan fingerprint density at radius 2 is 2.08 bits per heavy atom. The Kier molecular flexibility index (Phi) is 6.03. The van der Waals surface area contributed by atoms with Crippen molar-refractivity contribution >= 4 is 35.2 Å². The molecule has 6 nitrogen and oxygen atoms in total. The zero-order valence-electron chi connectivity index (χ0n) is 13.2. The molecule has 0 bridgehead atoms. The number of carbonyl (C=O) groups is 2. The highest BCUT2D eigenvalue weighted by Crippen LogP contribution is 2.27. The number of nitrogens with one attached hydrogen (secondary N) is 1. The number of carbonyl (C=O) groups excluding carboxylic acids is 2. The first-order chi connectivity index (χ1) is 11.5. The van der Waals surface area contributed by atoms with E-state index in [4.69, 9.17) is 25.5 Å². The number of esters is 1. The topological polar surface area (TPSA) is 77.8 Å². The minimum absolute atomic E-state index is 0.396. The van der Waals surface area contributed by atoms with E-state index in [2.05, 4.69) is 5.32 Å². The van der Waals surface area contributed by atoms with Crippen molar-refractivity contribution in [3.63, 3.8) is 0 Å². The SMILES string of the molecule is COc1ccc(Cl)cc1NC(=O)COC(=O)/C=C/c1ccc(C)o1. The molecule has 24 heavy (non-hydrogen) atoms. The molecule has 0 unspecified atom stereocenters. The molecular formula is C17H16ClNO5. The molecule has 126 valence electrons. The smallest absolute Gasteiger partial charge is 0.331 e. The van der Waals surface area contributed by atoms with Crippen LogP contribution in [0.25, 0.3) is 6.08 Å². The number of amides is 1.